The molecule has 1 amide bonds. The lowest BCUT2D eigenvalue weighted by Crippen LogP contribution is -2.15. The Balaban J connectivity index is 2.08. The van der Waals surface area contributed by atoms with Crippen molar-refractivity contribution in [3.8, 4) is 0 Å². The standard InChI is InChI=1S/C14H17N3O4/c1-3-4-7-21-14(19)17-13-15-10-6-5-9(12(18)20-2)8-11(10)16-13/h5-6,8H,3-4,7H2,1-2H3,(H2,15,16,17,19). The van der Waals surface area contributed by atoms with Crippen LogP contribution in [-0.2, 0) is 9.47 Å². The van der Waals surface area contributed by atoms with Crippen molar-refractivity contribution in [1.82, 2.24) is 9.97 Å². The number of anilines is 1. The maximum atomic E-state index is 11.5. The van der Waals surface area contributed by atoms with E-state index in [-0.39, 0.29) is 5.95 Å². The van der Waals surface area contributed by atoms with Crippen LogP contribution in [0.3, 0.4) is 0 Å². The van der Waals surface area contributed by atoms with Gasteiger partial charge >= 0.3 is 12.1 Å². The van der Waals surface area contributed by atoms with E-state index in [1.807, 2.05) is 6.92 Å². The van der Waals surface area contributed by atoms with Gasteiger partial charge in [-0.15, -0.1) is 0 Å². The van der Waals surface area contributed by atoms with E-state index in [0.717, 1.165) is 12.8 Å². The number of aromatic nitrogens is 2. The maximum Gasteiger partial charge on any atom is 0.413 e. The smallest absolute Gasteiger partial charge is 0.413 e. The molecule has 0 saturated carbocycles. The van der Waals surface area contributed by atoms with E-state index in [1.54, 1.807) is 18.2 Å². The molecule has 7 nitrogen and oxygen atoms in total. The first-order chi connectivity index (χ1) is 10.1. The number of nitrogens with one attached hydrogen (secondary N) is 2. The average molecular weight is 291 g/mol. The van der Waals surface area contributed by atoms with E-state index in [2.05, 4.69) is 20.0 Å². The monoisotopic (exact) mass is 291 g/mol. The van der Waals surface area contributed by atoms with Crippen molar-refractivity contribution in [3.63, 3.8) is 0 Å². The molecule has 0 radical (unpaired) electrons. The molecule has 7 heteroatoms. The molecule has 21 heavy (non-hydrogen) atoms. The lowest BCUT2D eigenvalue weighted by atomic mass is 10.2. The SMILES string of the molecule is CCCCOC(=O)Nc1nc2ccc(C(=O)OC)cc2[nH]1. The average Bonchev–Trinajstić information content (AvgIpc) is 2.87. The van der Waals surface area contributed by atoms with Crippen molar-refractivity contribution in [2.24, 2.45) is 0 Å². The second-order valence-corrected chi connectivity index (χ2v) is 4.42. The number of methoxy groups -OCH3 is 1. The summed E-state index contributed by atoms with van der Waals surface area (Å²) in [5, 5.41) is 2.51. The molecule has 0 atom stereocenters. The molecular formula is C14H17N3O4. The normalized spacial score (nSPS) is 10.4. The lowest BCUT2D eigenvalue weighted by molar-refractivity contribution is 0.0601. The van der Waals surface area contributed by atoms with Crippen LogP contribution in [0.1, 0.15) is 30.1 Å². The molecule has 0 unspecified atom stereocenters. The number of hydrogen-bond acceptors (Lipinski definition) is 5. The van der Waals surface area contributed by atoms with Gasteiger partial charge in [0.05, 0.1) is 30.3 Å². The molecule has 1 heterocycles. The van der Waals surface area contributed by atoms with Crippen molar-refractivity contribution >= 4 is 29.0 Å². The Morgan fingerprint density at radius 2 is 2.19 bits per heavy atom. The van der Waals surface area contributed by atoms with E-state index < -0.39 is 12.1 Å². The van der Waals surface area contributed by atoms with Gasteiger partial charge in [0, 0.05) is 0 Å². The number of ether oxygens (including phenoxy) is 2. The fourth-order valence-corrected chi connectivity index (χ4v) is 1.76. The summed E-state index contributed by atoms with van der Waals surface area (Å²) in [6, 6.07) is 4.89. The predicted octanol–water partition coefficient (Wildman–Crippen LogP) is 2.70. The van der Waals surface area contributed by atoms with Gasteiger partial charge in [-0.3, -0.25) is 5.32 Å². The van der Waals surface area contributed by atoms with Gasteiger partial charge in [0.15, 0.2) is 0 Å². The molecule has 2 aromatic rings. The minimum Gasteiger partial charge on any atom is -0.465 e. The van der Waals surface area contributed by atoms with E-state index >= 15 is 0 Å². The van der Waals surface area contributed by atoms with Crippen LogP contribution in [0.5, 0.6) is 0 Å². The third kappa shape index (κ3) is 3.71. The largest absolute Gasteiger partial charge is 0.465 e. The molecule has 0 aliphatic heterocycles. The highest BCUT2D eigenvalue weighted by molar-refractivity contribution is 5.94. The summed E-state index contributed by atoms with van der Waals surface area (Å²) < 4.78 is 9.63. The highest BCUT2D eigenvalue weighted by atomic mass is 16.5. The van der Waals surface area contributed by atoms with Crippen molar-refractivity contribution in [3.05, 3.63) is 23.8 Å². The minimum absolute atomic E-state index is 0.272. The molecular weight excluding hydrogens is 274 g/mol. The fourth-order valence-electron chi connectivity index (χ4n) is 1.76. The van der Waals surface area contributed by atoms with Crippen molar-refractivity contribution in [1.29, 1.82) is 0 Å². The van der Waals surface area contributed by atoms with E-state index in [9.17, 15) is 9.59 Å². The van der Waals surface area contributed by atoms with Gasteiger partial charge < -0.3 is 14.5 Å². The lowest BCUT2D eigenvalue weighted by Gasteiger charge is -2.03. The van der Waals surface area contributed by atoms with Crippen LogP contribution in [0.2, 0.25) is 0 Å². The first kappa shape index (κ1) is 14.8. The van der Waals surface area contributed by atoms with Gasteiger partial charge in [0.1, 0.15) is 0 Å². The topological polar surface area (TPSA) is 93.3 Å². The Kier molecular flexibility index (Phi) is 4.76. The summed E-state index contributed by atoms with van der Waals surface area (Å²) in [6.07, 6.45) is 1.21. The molecule has 1 aromatic carbocycles. The number of unbranched alkanes of at least 4 members (excludes halogenated alkanes) is 1. The number of rotatable bonds is 5. The quantitative estimate of drug-likeness (QED) is 0.652. The van der Waals surface area contributed by atoms with Gasteiger partial charge in [-0.1, -0.05) is 13.3 Å². The van der Waals surface area contributed by atoms with Crippen molar-refractivity contribution in [2.45, 2.75) is 19.8 Å². The fraction of sp³-hybridized carbons (Fsp3) is 0.357. The zero-order chi connectivity index (χ0) is 15.2. The Morgan fingerprint density at radius 1 is 1.38 bits per heavy atom. The van der Waals surface area contributed by atoms with Crippen LogP contribution < -0.4 is 5.32 Å². The van der Waals surface area contributed by atoms with Crippen LogP contribution in [0.4, 0.5) is 10.7 Å². The van der Waals surface area contributed by atoms with Gasteiger partial charge in [0.25, 0.3) is 0 Å². The van der Waals surface area contributed by atoms with Crippen LogP contribution in [-0.4, -0.2) is 35.7 Å². The second kappa shape index (κ2) is 6.74. The Hall–Kier alpha value is -2.57. The van der Waals surface area contributed by atoms with E-state index in [1.165, 1.54) is 7.11 Å². The Morgan fingerprint density at radius 3 is 2.90 bits per heavy atom. The number of hydrogen-bond donors (Lipinski definition) is 2. The first-order valence-corrected chi connectivity index (χ1v) is 6.66. The highest BCUT2D eigenvalue weighted by Crippen LogP contribution is 2.16. The summed E-state index contributed by atoms with van der Waals surface area (Å²) in [6.45, 7) is 2.38. The maximum absolute atomic E-state index is 11.5. The molecule has 0 spiro atoms. The first-order valence-electron chi connectivity index (χ1n) is 6.66. The predicted molar refractivity (Wildman–Crippen MR) is 77.3 cm³/mol. The molecule has 2 rings (SSSR count). The minimum atomic E-state index is -0.560. The van der Waals surface area contributed by atoms with E-state index in [0.29, 0.717) is 23.2 Å². The zero-order valence-corrected chi connectivity index (χ0v) is 11.9. The third-order valence-corrected chi connectivity index (χ3v) is 2.85. The van der Waals surface area contributed by atoms with E-state index in [4.69, 9.17) is 4.74 Å². The van der Waals surface area contributed by atoms with Gasteiger partial charge in [-0.25, -0.2) is 14.6 Å². The summed E-state index contributed by atoms with van der Waals surface area (Å²) in [7, 11) is 1.32. The second-order valence-electron chi connectivity index (χ2n) is 4.42. The number of benzene rings is 1. The van der Waals surface area contributed by atoms with Crippen LogP contribution in [0.25, 0.3) is 11.0 Å². The summed E-state index contributed by atoms with van der Waals surface area (Å²) in [4.78, 5) is 30.1. The number of carbonyl (C=O) groups excluding carboxylic acids is 2. The number of fused-ring (bicyclic) bond motifs is 1. The molecule has 2 N–H and O–H groups in total. The summed E-state index contributed by atoms with van der Waals surface area (Å²) in [5.74, 6) is -0.159. The van der Waals surface area contributed by atoms with Crippen LogP contribution in [0, 0.1) is 0 Å². The van der Waals surface area contributed by atoms with Gasteiger partial charge in [-0.05, 0) is 24.6 Å². The number of imidazole rings is 1. The highest BCUT2D eigenvalue weighted by Gasteiger charge is 2.11. The van der Waals surface area contributed by atoms with Gasteiger partial charge in [-0.2, -0.15) is 0 Å². The molecule has 1 aromatic heterocycles. The number of amides is 1. The Labute approximate surface area is 121 Å². The van der Waals surface area contributed by atoms with Crippen molar-refractivity contribution < 1.29 is 19.1 Å². The van der Waals surface area contributed by atoms with Crippen molar-refractivity contribution in [2.75, 3.05) is 19.0 Å². The van der Waals surface area contributed by atoms with Gasteiger partial charge in [0.2, 0.25) is 5.95 Å². The molecule has 0 fully saturated rings. The molecule has 0 bridgehead atoms. The van der Waals surface area contributed by atoms with Crippen LogP contribution >= 0.6 is 0 Å². The Bertz CT molecular complexity index is 651. The van der Waals surface area contributed by atoms with Crippen LogP contribution in [0.15, 0.2) is 18.2 Å². The number of H-pyrrole nitrogens is 1. The zero-order valence-electron chi connectivity index (χ0n) is 11.9. The number of nitrogens with zero attached hydrogens (tertiary/aromatic N) is 1. The summed E-state index contributed by atoms with van der Waals surface area (Å²) >= 11 is 0. The number of carbonyl (C=O) groups is 2. The number of esters is 1. The molecule has 0 aliphatic carbocycles. The molecule has 0 aliphatic rings. The third-order valence-electron chi connectivity index (χ3n) is 2.85. The molecule has 0 saturated heterocycles. The number of aromatic amines is 1. The molecule has 112 valence electrons. The summed E-state index contributed by atoms with van der Waals surface area (Å²) in [5.41, 5.74) is 1.67.